The average Bonchev–Trinajstić information content (AvgIpc) is 3.93. The Hall–Kier alpha value is -7.28. The number of para-hydroxylation sites is 1. The third-order valence-corrected chi connectivity index (χ3v) is 14.0. The van der Waals surface area contributed by atoms with Crippen LogP contribution < -0.4 is 0 Å². The number of hydrogen-bond donors (Lipinski definition) is 0. The number of thiophene rings is 1. The van der Waals surface area contributed by atoms with Crippen LogP contribution in [-0.4, -0.2) is 20.7 Å². The minimum atomic E-state index is -0.110. The van der Waals surface area contributed by atoms with E-state index in [4.69, 9.17) is 19.4 Å². The van der Waals surface area contributed by atoms with E-state index in [2.05, 4.69) is 152 Å². The zero-order valence-corrected chi connectivity index (χ0v) is 35.1. The first-order valence-electron chi connectivity index (χ1n) is 21.4. The maximum Gasteiger partial charge on any atom is 0.134 e. The molecule has 6 heterocycles. The van der Waals surface area contributed by atoms with Crippen LogP contribution in [0.5, 0.6) is 0 Å². The van der Waals surface area contributed by atoms with E-state index in [1.54, 1.807) is 0 Å². The molecule has 0 radical (unpaired) electrons. The Labute approximate surface area is 363 Å². The number of aromatic nitrogens is 3. The number of rotatable bonds is 6. The third-order valence-electron chi connectivity index (χ3n) is 12.8. The number of dihydropyridines is 1. The van der Waals surface area contributed by atoms with Crippen molar-refractivity contribution < 1.29 is 4.42 Å². The van der Waals surface area contributed by atoms with Crippen molar-refractivity contribution in [2.24, 2.45) is 10.9 Å². The standard InChI is InChI=1S/C56H40N4OS/c1-33-20-29-40(50-41-12-3-5-18-48(41)61-55(33)50)39-14-11-17-45-51(39)52-42-13-4-6-19-49(42)62-56(52)54(59-45)38-27-23-36(24-28-38)35-21-25-37(26-22-35)43-32-47(44-15-7-9-30-57-44)60-53(34(43)2)46-16-8-10-31-58-46/h3-19,21-34,53H,20H2,1-2H3. The summed E-state index contributed by atoms with van der Waals surface area (Å²) in [5.74, 6) is 1.52. The molecule has 3 atom stereocenters. The van der Waals surface area contributed by atoms with Crippen LogP contribution in [0.25, 0.3) is 75.6 Å². The van der Waals surface area contributed by atoms with Crippen LogP contribution in [0.15, 0.2) is 186 Å². The third kappa shape index (κ3) is 5.97. The predicted molar refractivity (Wildman–Crippen MR) is 257 cm³/mol. The first kappa shape index (κ1) is 36.6. The lowest BCUT2D eigenvalue weighted by molar-refractivity contribution is 0.503. The Kier molecular flexibility index (Phi) is 8.68. The number of fused-ring (bicyclic) bond motifs is 8. The second kappa shape index (κ2) is 14.7. The fraction of sp³-hybridized carbons (Fsp3) is 0.107. The number of hydrogen-bond acceptors (Lipinski definition) is 6. The van der Waals surface area contributed by atoms with Crippen LogP contribution in [0.4, 0.5) is 0 Å². The van der Waals surface area contributed by atoms with Gasteiger partial charge in [-0.1, -0.05) is 129 Å². The van der Waals surface area contributed by atoms with Crippen molar-refractivity contribution in [2.75, 3.05) is 0 Å². The number of allylic oxidation sites excluding steroid dienone is 2. The highest BCUT2D eigenvalue weighted by Crippen LogP contribution is 2.49. The SMILES string of the molecule is CC1CC=C(c2cccc3nc(-c4ccc(-c5ccc(C6=CC(c7ccccn7)=NC(c7ccccn7)C6C)cc5)cc4)c4sc5ccccc5c4c23)c2c1oc1ccccc21. The van der Waals surface area contributed by atoms with E-state index >= 15 is 0 Å². The van der Waals surface area contributed by atoms with E-state index in [-0.39, 0.29) is 12.0 Å². The monoisotopic (exact) mass is 816 g/mol. The summed E-state index contributed by atoms with van der Waals surface area (Å²) in [6.07, 6.45) is 9.22. The molecule has 6 heteroatoms. The molecule has 12 rings (SSSR count). The van der Waals surface area contributed by atoms with Crippen LogP contribution in [0.2, 0.25) is 0 Å². The van der Waals surface area contributed by atoms with E-state index in [9.17, 15) is 0 Å². The van der Waals surface area contributed by atoms with Gasteiger partial charge in [0.2, 0.25) is 0 Å². The molecule has 0 N–H and O–H groups in total. The van der Waals surface area contributed by atoms with Crippen LogP contribution in [0.3, 0.4) is 0 Å². The number of aliphatic imine (C=N–C) groups is 1. The second-order valence-electron chi connectivity index (χ2n) is 16.5. The fourth-order valence-corrected chi connectivity index (χ4v) is 10.9. The summed E-state index contributed by atoms with van der Waals surface area (Å²) in [4.78, 5) is 20.0. The Morgan fingerprint density at radius 1 is 0.629 bits per heavy atom. The molecule has 0 fully saturated rings. The van der Waals surface area contributed by atoms with Crippen molar-refractivity contribution in [3.05, 3.63) is 210 Å². The number of furan rings is 1. The van der Waals surface area contributed by atoms with Crippen molar-refractivity contribution in [1.82, 2.24) is 15.0 Å². The summed E-state index contributed by atoms with van der Waals surface area (Å²) < 4.78 is 9.01. The van der Waals surface area contributed by atoms with Gasteiger partial charge in [0.1, 0.15) is 11.3 Å². The van der Waals surface area contributed by atoms with Crippen molar-refractivity contribution in [2.45, 2.75) is 32.2 Å². The van der Waals surface area contributed by atoms with Crippen LogP contribution in [-0.2, 0) is 0 Å². The minimum Gasteiger partial charge on any atom is -0.460 e. The Bertz CT molecular complexity index is 3450. The summed E-state index contributed by atoms with van der Waals surface area (Å²) in [6.45, 7) is 4.51. The van der Waals surface area contributed by atoms with Gasteiger partial charge in [0.15, 0.2) is 0 Å². The highest BCUT2D eigenvalue weighted by molar-refractivity contribution is 7.26. The second-order valence-corrected chi connectivity index (χ2v) is 17.6. The first-order valence-corrected chi connectivity index (χ1v) is 22.2. The van der Waals surface area contributed by atoms with Gasteiger partial charge < -0.3 is 4.42 Å². The highest BCUT2D eigenvalue weighted by atomic mass is 32.1. The van der Waals surface area contributed by atoms with E-state index in [0.29, 0.717) is 5.92 Å². The lowest BCUT2D eigenvalue weighted by Crippen LogP contribution is -2.19. The molecule has 10 aromatic rings. The molecule has 1 aliphatic carbocycles. The number of pyridine rings is 3. The van der Waals surface area contributed by atoms with Crippen molar-refractivity contribution >= 4 is 70.2 Å². The quantitative estimate of drug-likeness (QED) is 0.168. The molecule has 1 aliphatic heterocycles. The van der Waals surface area contributed by atoms with Crippen molar-refractivity contribution in [1.29, 1.82) is 0 Å². The average molecular weight is 817 g/mol. The van der Waals surface area contributed by atoms with Gasteiger partial charge in [0.05, 0.1) is 39.1 Å². The summed E-state index contributed by atoms with van der Waals surface area (Å²) >= 11 is 1.83. The molecular formula is C56H40N4OS. The number of benzene rings is 5. The summed E-state index contributed by atoms with van der Waals surface area (Å²) in [5, 5.41) is 4.90. The molecule has 5 aromatic carbocycles. The van der Waals surface area contributed by atoms with Crippen LogP contribution >= 0.6 is 11.3 Å². The molecule has 5 aromatic heterocycles. The molecule has 5 nitrogen and oxygen atoms in total. The van der Waals surface area contributed by atoms with Gasteiger partial charge in [-0.2, -0.15) is 0 Å². The number of nitrogens with zero attached hydrogens (tertiary/aromatic N) is 4. The molecule has 3 unspecified atom stereocenters. The lowest BCUT2D eigenvalue weighted by Gasteiger charge is -2.28. The first-order chi connectivity index (χ1) is 30.6. The van der Waals surface area contributed by atoms with E-state index in [1.165, 1.54) is 58.8 Å². The van der Waals surface area contributed by atoms with Crippen LogP contribution in [0.1, 0.15) is 66.1 Å². The lowest BCUT2D eigenvalue weighted by atomic mass is 9.83. The molecular weight excluding hydrogens is 777 g/mol. The smallest absolute Gasteiger partial charge is 0.134 e. The van der Waals surface area contributed by atoms with E-state index in [0.717, 1.165) is 62.8 Å². The summed E-state index contributed by atoms with van der Waals surface area (Å²) in [7, 11) is 0. The molecule has 0 saturated heterocycles. The molecule has 0 bridgehead atoms. The maximum atomic E-state index is 6.54. The van der Waals surface area contributed by atoms with E-state index in [1.807, 2.05) is 54.1 Å². The maximum absolute atomic E-state index is 6.54. The van der Waals surface area contributed by atoms with Gasteiger partial charge in [0.25, 0.3) is 0 Å². The normalized spacial score (nSPS) is 17.6. The van der Waals surface area contributed by atoms with Gasteiger partial charge >= 0.3 is 0 Å². The molecule has 0 spiro atoms. The molecule has 62 heavy (non-hydrogen) atoms. The summed E-state index contributed by atoms with van der Waals surface area (Å²) in [6, 6.07) is 53.7. The van der Waals surface area contributed by atoms with Crippen molar-refractivity contribution in [3.8, 4) is 22.4 Å². The van der Waals surface area contributed by atoms with Gasteiger partial charge in [-0.25, -0.2) is 4.98 Å². The Balaban J connectivity index is 0.923. The molecule has 2 aliphatic rings. The molecule has 0 saturated carbocycles. The molecule has 0 amide bonds. The summed E-state index contributed by atoms with van der Waals surface area (Å²) in [5.41, 5.74) is 15.1. The Morgan fingerprint density at radius 2 is 1.34 bits per heavy atom. The van der Waals surface area contributed by atoms with Gasteiger partial charge in [-0.05, 0) is 88.4 Å². The Morgan fingerprint density at radius 3 is 2.11 bits per heavy atom. The van der Waals surface area contributed by atoms with Gasteiger partial charge in [-0.15, -0.1) is 11.3 Å². The van der Waals surface area contributed by atoms with Gasteiger partial charge in [-0.3, -0.25) is 15.0 Å². The predicted octanol–water partition coefficient (Wildman–Crippen LogP) is 14.7. The van der Waals surface area contributed by atoms with Crippen molar-refractivity contribution in [3.63, 3.8) is 0 Å². The van der Waals surface area contributed by atoms with Crippen LogP contribution in [0, 0.1) is 5.92 Å². The minimum absolute atomic E-state index is 0.110. The fourth-order valence-electron chi connectivity index (χ4n) is 9.68. The largest absolute Gasteiger partial charge is 0.460 e. The topological polar surface area (TPSA) is 64.2 Å². The zero-order chi connectivity index (χ0) is 41.3. The van der Waals surface area contributed by atoms with E-state index < -0.39 is 0 Å². The van der Waals surface area contributed by atoms with Gasteiger partial charge in [0, 0.05) is 61.6 Å². The highest BCUT2D eigenvalue weighted by Gasteiger charge is 2.30. The zero-order valence-electron chi connectivity index (χ0n) is 34.3. The molecule has 296 valence electrons.